The van der Waals surface area contributed by atoms with Gasteiger partial charge >= 0.3 is 0 Å². The molecule has 76 heavy (non-hydrogen) atoms. The van der Waals surface area contributed by atoms with Crippen LogP contribution in [0, 0.1) is 0 Å². The molecule has 4 nitrogen and oxygen atoms in total. The third-order valence-electron chi connectivity index (χ3n) is 14.8. The first-order chi connectivity index (χ1) is 37.7. The van der Waals surface area contributed by atoms with Gasteiger partial charge in [0, 0.05) is 67.0 Å². The van der Waals surface area contributed by atoms with Crippen molar-refractivity contribution in [3.05, 3.63) is 303 Å². The highest BCUT2D eigenvalue weighted by Gasteiger charge is 2.25. The molecule has 2 heterocycles. The van der Waals surface area contributed by atoms with Crippen molar-refractivity contribution in [2.75, 3.05) is 9.80 Å². The monoisotopic (exact) mass is 970 g/mol. The van der Waals surface area contributed by atoms with E-state index in [1.54, 1.807) is 0 Å². The molecule has 0 atom stereocenters. The number of rotatable bonds is 11. The van der Waals surface area contributed by atoms with Crippen LogP contribution >= 0.6 is 0 Å². The molecule has 0 saturated carbocycles. The largest absolute Gasteiger partial charge is 0.311 e. The normalized spacial score (nSPS) is 11.4. The highest BCUT2D eigenvalue weighted by Crippen LogP contribution is 2.48. The second kappa shape index (κ2) is 19.0. The van der Waals surface area contributed by atoms with Crippen LogP contribution in [0.2, 0.25) is 0 Å². The quantitative estimate of drug-likeness (QED) is 0.128. The molecule has 14 aromatic rings. The van der Waals surface area contributed by atoms with Gasteiger partial charge in [-0.25, -0.2) is 0 Å². The second-order valence-corrected chi connectivity index (χ2v) is 19.3. The molecule has 12 aromatic carbocycles. The Labute approximate surface area is 442 Å². The molecule has 0 bridgehead atoms. The van der Waals surface area contributed by atoms with Crippen molar-refractivity contribution < 1.29 is 0 Å². The zero-order valence-electron chi connectivity index (χ0n) is 41.7. The van der Waals surface area contributed by atoms with E-state index in [1.165, 1.54) is 43.7 Å². The summed E-state index contributed by atoms with van der Waals surface area (Å²) in [6.45, 7) is 0. The lowest BCUT2D eigenvalue weighted by Gasteiger charge is -2.25. The molecule has 4 heteroatoms. The maximum absolute atomic E-state index is 2.49. The molecule has 0 unspecified atom stereocenters. The molecule has 0 aliphatic heterocycles. The minimum Gasteiger partial charge on any atom is -0.311 e. The molecule has 2 aromatic heterocycles. The third kappa shape index (κ3) is 7.79. The zero-order valence-corrected chi connectivity index (χ0v) is 41.7. The number of hydrogen-bond acceptors (Lipinski definition) is 2. The summed E-state index contributed by atoms with van der Waals surface area (Å²) < 4.78 is 4.97. The van der Waals surface area contributed by atoms with E-state index >= 15 is 0 Å². The van der Waals surface area contributed by atoms with Crippen LogP contribution in [0.5, 0.6) is 0 Å². The average Bonchev–Trinajstić information content (AvgIpc) is 4.06. The van der Waals surface area contributed by atoms with E-state index in [0.717, 1.165) is 78.8 Å². The summed E-state index contributed by atoms with van der Waals surface area (Å²) in [5, 5.41) is 4.82. The lowest BCUT2D eigenvalue weighted by Crippen LogP contribution is -2.09. The van der Waals surface area contributed by atoms with Gasteiger partial charge in [-0.05, 0) is 167 Å². The first kappa shape index (κ1) is 44.5. The Bertz CT molecular complexity index is 4120. The van der Waals surface area contributed by atoms with Gasteiger partial charge in [0.15, 0.2) is 0 Å². The third-order valence-corrected chi connectivity index (χ3v) is 14.8. The average molecular weight is 971 g/mol. The van der Waals surface area contributed by atoms with Gasteiger partial charge in [0.1, 0.15) is 0 Å². The Morgan fingerprint density at radius 3 is 0.987 bits per heavy atom. The standard InChI is InChI=1S/C72H50N4/c1-7-23-56(24-8-1)73(57-25-9-2-10-26-57)62-43-39-51(40-44-62)53-47-54(52-41-45-63(46-42-52)74(58-27-11-3-12-28-58)59-29-13-4-14-30-59)49-55(48-53)66-50-67-64-35-19-21-37-68(64)75(60-31-15-5-16-32-60)71(67)72-70(66)65-36-20-22-38-69(65)76(72)61-33-17-6-18-34-61/h1-50H. The van der Waals surface area contributed by atoms with E-state index in [2.05, 4.69) is 322 Å². The van der Waals surface area contributed by atoms with Crippen molar-refractivity contribution in [3.63, 3.8) is 0 Å². The van der Waals surface area contributed by atoms with E-state index < -0.39 is 0 Å². The van der Waals surface area contributed by atoms with Crippen LogP contribution in [-0.2, 0) is 0 Å². The van der Waals surface area contributed by atoms with Crippen molar-refractivity contribution >= 4 is 77.7 Å². The lowest BCUT2D eigenvalue weighted by molar-refractivity contribution is 1.15. The maximum Gasteiger partial charge on any atom is 0.0795 e. The van der Waals surface area contributed by atoms with Crippen molar-refractivity contribution in [2.24, 2.45) is 0 Å². The molecule has 0 saturated heterocycles. The molecule has 358 valence electrons. The summed E-state index contributed by atoms with van der Waals surface area (Å²) in [7, 11) is 0. The Balaban J connectivity index is 1.02. The molecular weight excluding hydrogens is 921 g/mol. The van der Waals surface area contributed by atoms with E-state index in [4.69, 9.17) is 0 Å². The number of hydrogen-bond donors (Lipinski definition) is 0. The number of para-hydroxylation sites is 8. The van der Waals surface area contributed by atoms with Gasteiger partial charge in [0.25, 0.3) is 0 Å². The number of nitrogens with zero attached hydrogens (tertiary/aromatic N) is 4. The van der Waals surface area contributed by atoms with E-state index in [0.29, 0.717) is 0 Å². The lowest BCUT2D eigenvalue weighted by atomic mass is 9.90. The van der Waals surface area contributed by atoms with Crippen LogP contribution < -0.4 is 9.80 Å². The fourth-order valence-corrected chi connectivity index (χ4v) is 11.4. The molecule has 0 aliphatic rings. The summed E-state index contributed by atoms with van der Waals surface area (Å²) in [5.74, 6) is 0. The zero-order chi connectivity index (χ0) is 50.4. The predicted octanol–water partition coefficient (Wildman–Crippen LogP) is 19.8. The van der Waals surface area contributed by atoms with Gasteiger partial charge < -0.3 is 18.9 Å². The maximum atomic E-state index is 2.49. The first-order valence-corrected chi connectivity index (χ1v) is 26.0. The minimum absolute atomic E-state index is 1.09. The van der Waals surface area contributed by atoms with Crippen LogP contribution in [0.3, 0.4) is 0 Å². The number of aromatic nitrogens is 2. The molecule has 0 spiro atoms. The van der Waals surface area contributed by atoms with Crippen molar-refractivity contribution in [1.29, 1.82) is 0 Å². The topological polar surface area (TPSA) is 16.3 Å². The summed E-state index contributed by atoms with van der Waals surface area (Å²) in [4.78, 5) is 4.64. The van der Waals surface area contributed by atoms with Gasteiger partial charge in [-0.1, -0.05) is 170 Å². The van der Waals surface area contributed by atoms with Gasteiger partial charge in [0.05, 0.1) is 22.1 Å². The summed E-state index contributed by atoms with van der Waals surface area (Å²) in [6, 6.07) is 110. The van der Waals surface area contributed by atoms with Gasteiger partial charge in [-0.2, -0.15) is 0 Å². The van der Waals surface area contributed by atoms with Crippen molar-refractivity contribution in [3.8, 4) is 44.8 Å². The molecule has 14 rings (SSSR count). The van der Waals surface area contributed by atoms with Crippen LogP contribution in [0.15, 0.2) is 303 Å². The minimum atomic E-state index is 1.09. The first-order valence-electron chi connectivity index (χ1n) is 26.0. The molecule has 0 amide bonds. The van der Waals surface area contributed by atoms with Crippen molar-refractivity contribution in [1.82, 2.24) is 9.13 Å². The van der Waals surface area contributed by atoms with E-state index in [1.807, 2.05) is 0 Å². The summed E-state index contributed by atoms with van der Waals surface area (Å²) >= 11 is 0. The fourth-order valence-electron chi connectivity index (χ4n) is 11.4. The Morgan fingerprint density at radius 2 is 0.553 bits per heavy atom. The van der Waals surface area contributed by atoms with E-state index in [-0.39, 0.29) is 0 Å². The Morgan fingerprint density at radius 1 is 0.224 bits per heavy atom. The second-order valence-electron chi connectivity index (χ2n) is 19.3. The molecular formula is C72H50N4. The number of fused-ring (bicyclic) bond motifs is 7. The smallest absolute Gasteiger partial charge is 0.0795 e. The highest BCUT2D eigenvalue weighted by molar-refractivity contribution is 6.28. The van der Waals surface area contributed by atoms with Gasteiger partial charge in [-0.15, -0.1) is 0 Å². The Kier molecular flexibility index (Phi) is 11.2. The fraction of sp³-hybridized carbons (Fsp3) is 0. The Hall–Kier alpha value is -10.2. The molecule has 0 fully saturated rings. The van der Waals surface area contributed by atoms with Gasteiger partial charge in [0.2, 0.25) is 0 Å². The summed E-state index contributed by atoms with van der Waals surface area (Å²) in [5.41, 5.74) is 20.4. The molecule has 0 aliphatic carbocycles. The summed E-state index contributed by atoms with van der Waals surface area (Å²) in [6.07, 6.45) is 0. The number of anilines is 6. The van der Waals surface area contributed by atoms with E-state index in [9.17, 15) is 0 Å². The van der Waals surface area contributed by atoms with Gasteiger partial charge in [-0.3, -0.25) is 0 Å². The number of benzene rings is 12. The SMILES string of the molecule is c1ccc(N(c2ccccc2)c2ccc(-c3cc(-c4ccc(N(c5ccccc5)c5ccccc5)cc4)cc(-c4cc5c6ccccc6n(-c6ccccc6)c5c5c4c4ccccc4n5-c4ccccc4)c3)cc2)cc1. The van der Waals surface area contributed by atoms with Crippen LogP contribution in [0.4, 0.5) is 34.1 Å². The molecule has 0 radical (unpaired) electrons. The van der Waals surface area contributed by atoms with Crippen LogP contribution in [0.1, 0.15) is 0 Å². The predicted molar refractivity (Wildman–Crippen MR) is 321 cm³/mol. The van der Waals surface area contributed by atoms with Crippen LogP contribution in [-0.4, -0.2) is 9.13 Å². The highest BCUT2D eigenvalue weighted by atomic mass is 15.1. The molecule has 0 N–H and O–H groups in total. The van der Waals surface area contributed by atoms with Crippen molar-refractivity contribution in [2.45, 2.75) is 0 Å². The van der Waals surface area contributed by atoms with Crippen LogP contribution in [0.25, 0.3) is 88.4 Å².